The predicted octanol–water partition coefficient (Wildman–Crippen LogP) is 0.400. The van der Waals surface area contributed by atoms with Crippen molar-refractivity contribution in [2.75, 3.05) is 13.7 Å². The van der Waals surface area contributed by atoms with Crippen LogP contribution in [-0.2, 0) is 7.80 Å². The molecular formula is C10H20IN2O3P. The first-order chi connectivity index (χ1) is 8.10. The fourth-order valence-corrected chi connectivity index (χ4v) is 5.10. The van der Waals surface area contributed by atoms with Crippen LogP contribution in [0.5, 0.6) is 0 Å². The maximum absolute atomic E-state index is 10.2. The molecule has 17 heavy (non-hydrogen) atoms. The standard InChI is InChI=1S/C10H20IN2O3P/c1-3-10-6(8(10)14)7(12)5(4-15-11)16-9(13-2)17-10/h5-9,13-14,17H,3-4,12H2,1-2H3/t5?,6?,7?,8?,9-,10-/m0/s1. The van der Waals surface area contributed by atoms with E-state index in [1.54, 1.807) is 0 Å². The highest BCUT2D eigenvalue weighted by molar-refractivity contribution is 14.1. The molecule has 5 nitrogen and oxygen atoms in total. The summed E-state index contributed by atoms with van der Waals surface area (Å²) in [5, 5.41) is 13.3. The second kappa shape index (κ2) is 5.53. The third-order valence-electron chi connectivity index (χ3n) is 3.98. The quantitative estimate of drug-likeness (QED) is 0.491. The Labute approximate surface area is 118 Å². The van der Waals surface area contributed by atoms with Gasteiger partial charge >= 0.3 is 0 Å². The Morgan fingerprint density at radius 3 is 2.88 bits per heavy atom. The van der Waals surface area contributed by atoms with Crippen molar-refractivity contribution in [2.24, 2.45) is 11.7 Å². The number of hydrogen-bond acceptors (Lipinski definition) is 5. The van der Waals surface area contributed by atoms with Crippen LogP contribution in [-0.4, -0.2) is 48.1 Å². The molecule has 5 unspecified atom stereocenters. The van der Waals surface area contributed by atoms with Crippen LogP contribution in [0.2, 0.25) is 0 Å². The Bertz CT molecular complexity index is 286. The molecule has 1 heterocycles. The molecule has 0 aromatic heterocycles. The van der Waals surface area contributed by atoms with Crippen molar-refractivity contribution in [3.63, 3.8) is 0 Å². The van der Waals surface area contributed by atoms with Gasteiger partial charge in [0, 0.05) is 17.1 Å². The van der Waals surface area contributed by atoms with Gasteiger partial charge in [0.15, 0.2) is 0 Å². The summed E-state index contributed by atoms with van der Waals surface area (Å²) in [4.78, 5) is 0. The van der Waals surface area contributed by atoms with Crippen LogP contribution in [0.15, 0.2) is 0 Å². The average Bonchev–Trinajstić information content (AvgIpc) is 2.94. The second-order valence-electron chi connectivity index (χ2n) is 4.71. The lowest BCUT2D eigenvalue weighted by molar-refractivity contribution is -0.0162. The van der Waals surface area contributed by atoms with Crippen molar-refractivity contribution in [1.82, 2.24) is 5.32 Å². The third-order valence-corrected chi connectivity index (χ3v) is 6.55. The number of nitrogens with two attached hydrogens (primary N) is 1. The Hall–Kier alpha value is 0.960. The van der Waals surface area contributed by atoms with E-state index in [1.807, 2.05) is 30.1 Å². The van der Waals surface area contributed by atoms with E-state index in [9.17, 15) is 5.11 Å². The number of nitrogens with one attached hydrogen (secondary N) is 1. The zero-order valence-electron chi connectivity index (χ0n) is 10.0. The van der Waals surface area contributed by atoms with Crippen LogP contribution < -0.4 is 11.1 Å². The van der Waals surface area contributed by atoms with Gasteiger partial charge in [0.25, 0.3) is 0 Å². The molecule has 2 fully saturated rings. The van der Waals surface area contributed by atoms with Crippen molar-refractivity contribution < 1.29 is 12.9 Å². The number of hydrogen-bond donors (Lipinski definition) is 3. The molecule has 7 atom stereocenters. The Kier molecular flexibility index (Phi) is 4.67. The lowest BCUT2D eigenvalue weighted by Gasteiger charge is -2.26. The zero-order valence-corrected chi connectivity index (χ0v) is 13.2. The van der Waals surface area contributed by atoms with Gasteiger partial charge in [0.05, 0.1) is 18.8 Å². The summed E-state index contributed by atoms with van der Waals surface area (Å²) in [6, 6.07) is -0.148. The van der Waals surface area contributed by atoms with Crippen molar-refractivity contribution in [3.8, 4) is 0 Å². The van der Waals surface area contributed by atoms with Crippen LogP contribution in [0.25, 0.3) is 0 Å². The Morgan fingerprint density at radius 1 is 1.65 bits per heavy atom. The molecule has 4 N–H and O–H groups in total. The number of fused-ring (bicyclic) bond motifs is 1. The summed E-state index contributed by atoms with van der Waals surface area (Å²) in [5.74, 6) is 0.125. The number of aliphatic hydroxyl groups excluding tert-OH is 1. The van der Waals surface area contributed by atoms with Gasteiger partial charge in [-0.1, -0.05) is 15.5 Å². The highest BCUT2D eigenvalue weighted by Crippen LogP contribution is 2.64. The number of rotatable bonds is 4. The SMILES string of the molecule is CC[C@]12P[C@@H](NC)OC(COI)C(N)C1C2O. The molecule has 0 amide bonds. The summed E-state index contributed by atoms with van der Waals surface area (Å²) in [6.07, 6.45) is 0.523. The zero-order chi connectivity index (χ0) is 12.6. The number of ether oxygens (including phenoxy) is 1. The maximum atomic E-state index is 10.2. The molecule has 0 aromatic carbocycles. The lowest BCUT2D eigenvalue weighted by Crippen LogP contribution is -2.44. The fraction of sp³-hybridized carbons (Fsp3) is 1.00. The van der Waals surface area contributed by atoms with Crippen molar-refractivity contribution >= 4 is 31.6 Å². The predicted molar refractivity (Wildman–Crippen MR) is 76.5 cm³/mol. The van der Waals surface area contributed by atoms with Crippen molar-refractivity contribution in [1.29, 1.82) is 0 Å². The molecule has 0 spiro atoms. The van der Waals surface area contributed by atoms with Gasteiger partial charge < -0.3 is 18.6 Å². The summed E-state index contributed by atoms with van der Waals surface area (Å²) < 4.78 is 11.1. The normalized spacial score (nSPS) is 51.0. The van der Waals surface area contributed by atoms with E-state index in [2.05, 4.69) is 12.2 Å². The summed E-state index contributed by atoms with van der Waals surface area (Å²) in [6.45, 7) is 2.58. The van der Waals surface area contributed by atoms with Gasteiger partial charge in [-0.3, -0.25) is 5.32 Å². The van der Waals surface area contributed by atoms with Crippen LogP contribution in [0, 0.1) is 5.92 Å². The molecule has 0 aromatic rings. The molecule has 0 bridgehead atoms. The Morgan fingerprint density at radius 2 is 2.35 bits per heavy atom. The topological polar surface area (TPSA) is 76.7 Å². The minimum atomic E-state index is -0.280. The minimum Gasteiger partial charge on any atom is -0.392 e. The van der Waals surface area contributed by atoms with E-state index in [0.29, 0.717) is 15.2 Å². The molecule has 2 aliphatic rings. The van der Waals surface area contributed by atoms with Crippen LogP contribution >= 0.6 is 31.6 Å². The third kappa shape index (κ3) is 2.38. The molecule has 1 aliphatic heterocycles. The molecule has 7 heteroatoms. The number of aliphatic hydroxyl groups is 1. The molecule has 1 saturated heterocycles. The summed E-state index contributed by atoms with van der Waals surface area (Å²) >= 11 is 1.85. The molecule has 2 rings (SSSR count). The second-order valence-corrected chi connectivity index (χ2v) is 7.07. The van der Waals surface area contributed by atoms with Gasteiger partial charge in [0.1, 0.15) is 29.0 Å². The number of halogens is 1. The maximum Gasteiger partial charge on any atom is 0.125 e. The summed E-state index contributed by atoms with van der Waals surface area (Å²) in [5.41, 5.74) is 6.23. The highest BCUT2D eigenvalue weighted by Gasteiger charge is 2.68. The van der Waals surface area contributed by atoms with E-state index in [1.165, 1.54) is 0 Å². The Balaban J connectivity index is 2.17. The van der Waals surface area contributed by atoms with Crippen LogP contribution in [0.4, 0.5) is 0 Å². The van der Waals surface area contributed by atoms with Gasteiger partial charge in [-0.2, -0.15) is 0 Å². The fourth-order valence-electron chi connectivity index (χ4n) is 2.86. The molecule has 1 aliphatic carbocycles. The highest BCUT2D eigenvalue weighted by atomic mass is 127. The van der Waals surface area contributed by atoms with Crippen molar-refractivity contribution in [2.45, 2.75) is 42.7 Å². The average molecular weight is 374 g/mol. The van der Waals surface area contributed by atoms with Crippen LogP contribution in [0.3, 0.4) is 0 Å². The van der Waals surface area contributed by atoms with Gasteiger partial charge in [0.2, 0.25) is 0 Å². The minimum absolute atomic E-state index is 0.0281. The molecular weight excluding hydrogens is 354 g/mol. The first kappa shape index (κ1) is 14.4. The van der Waals surface area contributed by atoms with E-state index in [0.717, 1.165) is 6.42 Å². The molecule has 0 radical (unpaired) electrons. The van der Waals surface area contributed by atoms with Crippen molar-refractivity contribution in [3.05, 3.63) is 0 Å². The van der Waals surface area contributed by atoms with Gasteiger partial charge in [-0.25, -0.2) is 0 Å². The molecule has 100 valence electrons. The van der Waals surface area contributed by atoms with E-state index < -0.39 is 0 Å². The van der Waals surface area contributed by atoms with E-state index >= 15 is 0 Å². The van der Waals surface area contributed by atoms with E-state index in [-0.39, 0.29) is 35.3 Å². The largest absolute Gasteiger partial charge is 0.392 e. The first-order valence-corrected chi connectivity index (χ1v) is 7.84. The monoisotopic (exact) mass is 374 g/mol. The molecule has 1 saturated carbocycles. The van der Waals surface area contributed by atoms with Crippen LogP contribution in [0.1, 0.15) is 13.3 Å². The first-order valence-electron chi connectivity index (χ1n) is 5.88. The van der Waals surface area contributed by atoms with E-state index in [4.69, 9.17) is 13.5 Å². The van der Waals surface area contributed by atoms with Gasteiger partial charge in [-0.05, 0) is 13.5 Å². The smallest absolute Gasteiger partial charge is 0.125 e. The van der Waals surface area contributed by atoms with Gasteiger partial charge in [-0.15, -0.1) is 0 Å². The summed E-state index contributed by atoms with van der Waals surface area (Å²) in [7, 11) is 2.42. The lowest BCUT2D eigenvalue weighted by atomic mass is 10.0.